The van der Waals surface area contributed by atoms with Crippen LogP contribution >= 0.6 is 11.8 Å². The van der Waals surface area contributed by atoms with Gasteiger partial charge >= 0.3 is 0 Å². The lowest BCUT2D eigenvalue weighted by Gasteiger charge is -2.11. The molecular formula is C19H23N5O2S. The Hall–Kier alpha value is -2.61. The van der Waals surface area contributed by atoms with Crippen LogP contribution in [0.25, 0.3) is 0 Å². The monoisotopic (exact) mass is 385 g/mol. The van der Waals surface area contributed by atoms with Gasteiger partial charge in [-0.2, -0.15) is 0 Å². The summed E-state index contributed by atoms with van der Waals surface area (Å²) < 4.78 is 2.03. The zero-order valence-corrected chi connectivity index (χ0v) is 16.3. The van der Waals surface area contributed by atoms with Gasteiger partial charge in [-0.25, -0.2) is 0 Å². The van der Waals surface area contributed by atoms with Gasteiger partial charge in [-0.15, -0.1) is 16.8 Å². The van der Waals surface area contributed by atoms with Crippen molar-refractivity contribution >= 4 is 29.3 Å². The molecule has 3 rings (SSSR count). The SMILES string of the molecule is C=CCn1c(SCC(=O)Nc2ccc(C(=O)N(C)C)cc2)nnc1C1CC1. The standard InChI is InChI=1S/C19H23N5O2S/c1-4-11-24-17(13-5-6-13)21-22-19(24)27-12-16(25)20-15-9-7-14(8-10-15)18(26)23(2)3/h4,7-10,13H,1,5-6,11-12H2,2-3H3,(H,20,25). The van der Waals surface area contributed by atoms with Gasteiger partial charge in [-0.1, -0.05) is 17.8 Å². The lowest BCUT2D eigenvalue weighted by atomic mass is 10.2. The van der Waals surface area contributed by atoms with Gasteiger partial charge in [-0.3, -0.25) is 9.59 Å². The minimum absolute atomic E-state index is 0.0727. The highest BCUT2D eigenvalue weighted by Crippen LogP contribution is 2.40. The number of allylic oxidation sites excluding steroid dienone is 1. The average Bonchev–Trinajstić information content (AvgIpc) is 3.42. The molecule has 142 valence electrons. The summed E-state index contributed by atoms with van der Waals surface area (Å²) in [7, 11) is 3.41. The minimum atomic E-state index is -0.132. The van der Waals surface area contributed by atoms with Crippen molar-refractivity contribution in [1.29, 1.82) is 0 Å². The fourth-order valence-corrected chi connectivity index (χ4v) is 3.39. The third kappa shape index (κ3) is 4.77. The average molecular weight is 385 g/mol. The van der Waals surface area contributed by atoms with E-state index in [2.05, 4.69) is 22.1 Å². The number of anilines is 1. The summed E-state index contributed by atoms with van der Waals surface area (Å²) in [5, 5.41) is 12.1. The van der Waals surface area contributed by atoms with E-state index in [1.807, 2.05) is 10.6 Å². The molecule has 27 heavy (non-hydrogen) atoms. The van der Waals surface area contributed by atoms with Crippen LogP contribution in [0, 0.1) is 0 Å². The molecule has 1 saturated carbocycles. The van der Waals surface area contributed by atoms with Crippen molar-refractivity contribution in [3.05, 3.63) is 48.3 Å². The van der Waals surface area contributed by atoms with Gasteiger partial charge in [0.2, 0.25) is 5.91 Å². The number of amides is 2. The van der Waals surface area contributed by atoms with Crippen LogP contribution in [0.1, 0.15) is 34.9 Å². The number of benzene rings is 1. The Labute approximate surface area is 162 Å². The quantitative estimate of drug-likeness (QED) is 0.558. The van der Waals surface area contributed by atoms with Crippen molar-refractivity contribution < 1.29 is 9.59 Å². The molecule has 8 heteroatoms. The second kappa shape index (κ2) is 8.39. The third-order valence-corrected chi connectivity index (χ3v) is 5.12. The number of carbonyl (C=O) groups is 2. The van der Waals surface area contributed by atoms with Gasteiger partial charge in [0.25, 0.3) is 5.91 Å². The number of rotatable bonds is 8. The van der Waals surface area contributed by atoms with Crippen molar-refractivity contribution in [2.75, 3.05) is 25.2 Å². The van der Waals surface area contributed by atoms with Crippen LogP contribution in [0.2, 0.25) is 0 Å². The van der Waals surface area contributed by atoms with Gasteiger partial charge < -0.3 is 14.8 Å². The van der Waals surface area contributed by atoms with Crippen LogP contribution in [-0.4, -0.2) is 51.3 Å². The molecule has 7 nitrogen and oxygen atoms in total. The van der Waals surface area contributed by atoms with Crippen molar-refractivity contribution in [3.8, 4) is 0 Å². The number of aromatic nitrogens is 3. The van der Waals surface area contributed by atoms with E-state index in [0.717, 1.165) is 23.8 Å². The summed E-state index contributed by atoms with van der Waals surface area (Å²) in [6.45, 7) is 4.43. The Morgan fingerprint density at radius 3 is 2.59 bits per heavy atom. The van der Waals surface area contributed by atoms with Crippen LogP contribution in [0.15, 0.2) is 42.1 Å². The van der Waals surface area contributed by atoms with Crippen LogP contribution in [-0.2, 0) is 11.3 Å². The molecule has 1 aromatic carbocycles. The minimum Gasteiger partial charge on any atom is -0.345 e. The van der Waals surface area contributed by atoms with Gasteiger partial charge in [0, 0.05) is 37.8 Å². The number of carbonyl (C=O) groups excluding carboxylic acids is 2. The predicted octanol–water partition coefficient (Wildman–Crippen LogP) is 2.77. The van der Waals surface area contributed by atoms with Crippen molar-refractivity contribution in [2.24, 2.45) is 0 Å². The lowest BCUT2D eigenvalue weighted by molar-refractivity contribution is -0.113. The van der Waals surface area contributed by atoms with Crippen LogP contribution in [0.4, 0.5) is 5.69 Å². The Morgan fingerprint density at radius 2 is 2.00 bits per heavy atom. The molecule has 1 aromatic heterocycles. The van der Waals surface area contributed by atoms with E-state index in [9.17, 15) is 9.59 Å². The number of nitrogens with one attached hydrogen (secondary N) is 1. The van der Waals surface area contributed by atoms with E-state index >= 15 is 0 Å². The zero-order valence-electron chi connectivity index (χ0n) is 15.5. The molecule has 1 N–H and O–H groups in total. The second-order valence-electron chi connectivity index (χ2n) is 6.63. The van der Waals surface area contributed by atoms with Crippen LogP contribution < -0.4 is 5.32 Å². The van der Waals surface area contributed by atoms with Crippen LogP contribution in [0.5, 0.6) is 0 Å². The molecule has 0 radical (unpaired) electrons. The molecule has 1 fully saturated rings. The first-order valence-corrected chi connectivity index (χ1v) is 9.76. The molecule has 0 bridgehead atoms. The van der Waals surface area contributed by atoms with Crippen LogP contribution in [0.3, 0.4) is 0 Å². The maximum Gasteiger partial charge on any atom is 0.253 e. The van der Waals surface area contributed by atoms with Crippen molar-refractivity contribution in [1.82, 2.24) is 19.7 Å². The zero-order chi connectivity index (χ0) is 19.4. The van der Waals surface area contributed by atoms with Gasteiger partial charge in [0.15, 0.2) is 5.16 Å². The highest BCUT2D eigenvalue weighted by molar-refractivity contribution is 7.99. The first kappa shape index (κ1) is 19.2. The fraction of sp³-hybridized carbons (Fsp3) is 0.368. The fourth-order valence-electron chi connectivity index (χ4n) is 2.63. The molecule has 1 heterocycles. The molecule has 2 aromatic rings. The smallest absolute Gasteiger partial charge is 0.253 e. The van der Waals surface area contributed by atoms with Crippen molar-refractivity contribution in [3.63, 3.8) is 0 Å². The van der Waals surface area contributed by atoms with E-state index in [1.165, 1.54) is 16.7 Å². The summed E-state index contributed by atoms with van der Waals surface area (Å²) >= 11 is 1.36. The molecule has 1 aliphatic carbocycles. The number of nitrogens with zero attached hydrogens (tertiary/aromatic N) is 4. The third-order valence-electron chi connectivity index (χ3n) is 4.15. The predicted molar refractivity (Wildman–Crippen MR) is 106 cm³/mol. The Bertz CT molecular complexity index is 840. The Morgan fingerprint density at radius 1 is 1.30 bits per heavy atom. The van der Waals surface area contributed by atoms with E-state index in [4.69, 9.17) is 0 Å². The molecule has 0 aliphatic heterocycles. The van der Waals surface area contributed by atoms with E-state index in [0.29, 0.717) is 23.7 Å². The summed E-state index contributed by atoms with van der Waals surface area (Å²) in [5.41, 5.74) is 1.24. The topological polar surface area (TPSA) is 80.1 Å². The summed E-state index contributed by atoms with van der Waals surface area (Å²) in [4.78, 5) is 25.7. The maximum absolute atomic E-state index is 12.3. The second-order valence-corrected chi connectivity index (χ2v) is 7.57. The number of thioether (sulfide) groups is 1. The molecule has 0 unspecified atom stereocenters. The van der Waals surface area contributed by atoms with E-state index < -0.39 is 0 Å². The normalized spacial score (nSPS) is 13.3. The molecule has 0 spiro atoms. The molecule has 0 atom stereocenters. The van der Waals surface area contributed by atoms with E-state index in [-0.39, 0.29) is 17.6 Å². The van der Waals surface area contributed by atoms with Gasteiger partial charge in [0.05, 0.1) is 5.75 Å². The van der Waals surface area contributed by atoms with Gasteiger partial charge in [-0.05, 0) is 37.1 Å². The Kier molecular flexibility index (Phi) is 5.95. The Balaban J connectivity index is 1.57. The largest absolute Gasteiger partial charge is 0.345 e. The summed E-state index contributed by atoms with van der Waals surface area (Å²) in [5.74, 6) is 1.51. The molecule has 2 amide bonds. The highest BCUT2D eigenvalue weighted by Gasteiger charge is 2.30. The summed E-state index contributed by atoms with van der Waals surface area (Å²) in [6, 6.07) is 6.86. The first-order chi connectivity index (χ1) is 13.0. The first-order valence-electron chi connectivity index (χ1n) is 8.78. The maximum atomic E-state index is 12.3. The molecule has 0 saturated heterocycles. The number of hydrogen-bond acceptors (Lipinski definition) is 5. The summed E-state index contributed by atoms with van der Waals surface area (Å²) in [6.07, 6.45) is 4.11. The van der Waals surface area contributed by atoms with Gasteiger partial charge in [0.1, 0.15) is 5.82 Å². The lowest BCUT2D eigenvalue weighted by Crippen LogP contribution is -2.21. The molecular weight excluding hydrogens is 362 g/mol. The van der Waals surface area contributed by atoms with E-state index in [1.54, 1.807) is 38.4 Å². The molecule has 1 aliphatic rings. The van der Waals surface area contributed by atoms with Crippen molar-refractivity contribution in [2.45, 2.75) is 30.5 Å². The number of hydrogen-bond donors (Lipinski definition) is 1. The highest BCUT2D eigenvalue weighted by atomic mass is 32.2.